The van der Waals surface area contributed by atoms with Crippen LogP contribution in [0.5, 0.6) is 0 Å². The van der Waals surface area contributed by atoms with E-state index in [1.54, 1.807) is 13.0 Å². The first-order valence-corrected chi connectivity index (χ1v) is 8.72. The lowest BCUT2D eigenvalue weighted by atomic mass is 9.95. The van der Waals surface area contributed by atoms with E-state index in [1.165, 1.54) is 0 Å². The van der Waals surface area contributed by atoms with Gasteiger partial charge in [0.1, 0.15) is 5.76 Å². The third-order valence-corrected chi connectivity index (χ3v) is 5.45. The van der Waals surface area contributed by atoms with Crippen LogP contribution in [-0.2, 0) is 4.74 Å². The predicted molar refractivity (Wildman–Crippen MR) is 85.3 cm³/mol. The number of hydrogen-bond donors (Lipinski definition) is 2. The van der Waals surface area contributed by atoms with E-state index in [4.69, 9.17) is 9.26 Å². The average Bonchev–Trinajstić information content (AvgIpc) is 3.16. The van der Waals surface area contributed by atoms with Crippen molar-refractivity contribution in [1.29, 1.82) is 0 Å². The van der Waals surface area contributed by atoms with Crippen LogP contribution in [0.15, 0.2) is 10.6 Å². The monoisotopic (exact) mass is 326 g/mol. The molecule has 0 bridgehead atoms. The minimum atomic E-state index is -0.238. The Labute approximate surface area is 134 Å². The van der Waals surface area contributed by atoms with Crippen molar-refractivity contribution < 1.29 is 14.1 Å². The summed E-state index contributed by atoms with van der Waals surface area (Å²) in [4.78, 5) is 14.5. The third-order valence-electron chi connectivity index (χ3n) is 4.21. The summed E-state index contributed by atoms with van der Waals surface area (Å²) in [5.41, 5.74) is 0.0472. The highest BCUT2D eigenvalue weighted by Crippen LogP contribution is 2.33. The Bertz CT molecular complexity index is 510. The molecule has 2 fully saturated rings. The van der Waals surface area contributed by atoms with Crippen molar-refractivity contribution >= 4 is 23.6 Å². The third kappa shape index (κ3) is 3.56. The van der Waals surface area contributed by atoms with E-state index in [1.807, 2.05) is 11.8 Å². The average molecular weight is 326 g/mol. The van der Waals surface area contributed by atoms with Crippen LogP contribution in [0.2, 0.25) is 0 Å². The quantitative estimate of drug-likeness (QED) is 0.868. The number of nitrogens with one attached hydrogen (secondary N) is 2. The summed E-state index contributed by atoms with van der Waals surface area (Å²) >= 11 is 1.95. The van der Waals surface area contributed by atoms with E-state index < -0.39 is 0 Å². The van der Waals surface area contributed by atoms with E-state index in [0.717, 1.165) is 44.2 Å². The van der Waals surface area contributed by atoms with Crippen molar-refractivity contribution in [3.05, 3.63) is 11.8 Å². The van der Waals surface area contributed by atoms with Crippen LogP contribution in [-0.4, -0.2) is 66.0 Å². The number of carbonyl (C=O) groups excluding carboxylic acids is 1. The molecule has 3 heterocycles. The Kier molecular flexibility index (Phi) is 4.90. The number of anilines is 1. The van der Waals surface area contributed by atoms with Gasteiger partial charge in [0.05, 0.1) is 13.2 Å². The number of ether oxygens (including phenoxy) is 1. The minimum absolute atomic E-state index is 0.0472. The van der Waals surface area contributed by atoms with Gasteiger partial charge in [-0.05, 0) is 19.1 Å². The van der Waals surface area contributed by atoms with Crippen molar-refractivity contribution in [3.8, 4) is 0 Å². The van der Waals surface area contributed by atoms with E-state index >= 15 is 0 Å². The standard InChI is InChI=1S/C14H22N4O3S/c1-11-8-12(17-21-11)16-13(19)15-9-14(2-7-22-10-14)18-3-5-20-6-4-18/h8H,2-7,9-10H2,1H3,(H2,15,16,17,19). The van der Waals surface area contributed by atoms with Gasteiger partial charge >= 0.3 is 6.03 Å². The van der Waals surface area contributed by atoms with Crippen LogP contribution in [0.25, 0.3) is 0 Å². The zero-order valence-electron chi connectivity index (χ0n) is 12.8. The van der Waals surface area contributed by atoms with Crippen LogP contribution in [0.1, 0.15) is 12.2 Å². The Balaban J connectivity index is 1.56. The summed E-state index contributed by atoms with van der Waals surface area (Å²) in [6, 6.07) is 1.46. The molecule has 0 radical (unpaired) electrons. The summed E-state index contributed by atoms with van der Waals surface area (Å²) in [5, 5.41) is 9.46. The van der Waals surface area contributed by atoms with Crippen molar-refractivity contribution in [3.63, 3.8) is 0 Å². The fraction of sp³-hybridized carbons (Fsp3) is 0.714. The molecule has 1 unspecified atom stereocenters. The molecular formula is C14H22N4O3S. The molecular weight excluding hydrogens is 304 g/mol. The lowest BCUT2D eigenvalue weighted by Crippen LogP contribution is -2.59. The first-order valence-electron chi connectivity index (χ1n) is 7.57. The van der Waals surface area contributed by atoms with Crippen LogP contribution in [0.3, 0.4) is 0 Å². The number of aromatic nitrogens is 1. The fourth-order valence-electron chi connectivity index (χ4n) is 2.97. The molecule has 7 nitrogen and oxygen atoms in total. The number of hydrogen-bond acceptors (Lipinski definition) is 6. The Morgan fingerprint density at radius 1 is 1.50 bits per heavy atom. The number of morpholine rings is 1. The van der Waals surface area contributed by atoms with Crippen LogP contribution in [0.4, 0.5) is 10.6 Å². The molecule has 0 aromatic carbocycles. The van der Waals surface area contributed by atoms with Crippen LogP contribution in [0, 0.1) is 6.92 Å². The lowest BCUT2D eigenvalue weighted by molar-refractivity contribution is -0.0123. The van der Waals surface area contributed by atoms with Gasteiger partial charge in [0.25, 0.3) is 0 Å². The highest BCUT2D eigenvalue weighted by molar-refractivity contribution is 7.99. The fourth-order valence-corrected chi connectivity index (χ4v) is 4.44. The maximum atomic E-state index is 12.0. The molecule has 0 aliphatic carbocycles. The molecule has 0 saturated carbocycles. The lowest BCUT2D eigenvalue weighted by Gasteiger charge is -2.42. The van der Waals surface area contributed by atoms with Gasteiger partial charge in [-0.25, -0.2) is 4.79 Å². The van der Waals surface area contributed by atoms with Crippen molar-refractivity contribution in [2.45, 2.75) is 18.9 Å². The number of urea groups is 1. The largest absolute Gasteiger partial charge is 0.379 e. The number of amides is 2. The topological polar surface area (TPSA) is 79.6 Å². The molecule has 8 heteroatoms. The molecule has 22 heavy (non-hydrogen) atoms. The van der Waals surface area contributed by atoms with Gasteiger partial charge in [-0.1, -0.05) is 5.16 Å². The minimum Gasteiger partial charge on any atom is -0.379 e. The highest BCUT2D eigenvalue weighted by Gasteiger charge is 2.40. The first-order chi connectivity index (χ1) is 10.7. The normalized spacial score (nSPS) is 26.0. The molecule has 3 rings (SSSR count). The second-order valence-corrected chi connectivity index (χ2v) is 6.86. The van der Waals surface area contributed by atoms with Crippen molar-refractivity contribution in [2.24, 2.45) is 0 Å². The molecule has 2 aliphatic heterocycles. The molecule has 1 atom stereocenters. The smallest absolute Gasteiger partial charge is 0.320 e. The summed E-state index contributed by atoms with van der Waals surface area (Å²) < 4.78 is 10.4. The van der Waals surface area contributed by atoms with Gasteiger partial charge in [-0.3, -0.25) is 10.2 Å². The maximum Gasteiger partial charge on any atom is 0.320 e. The first kappa shape index (κ1) is 15.6. The second kappa shape index (κ2) is 6.89. The van der Waals surface area contributed by atoms with Crippen LogP contribution < -0.4 is 10.6 Å². The molecule has 2 aliphatic rings. The Morgan fingerprint density at radius 3 is 2.95 bits per heavy atom. The zero-order chi connectivity index (χ0) is 15.4. The Morgan fingerprint density at radius 2 is 2.32 bits per heavy atom. The van der Waals surface area contributed by atoms with Gasteiger partial charge in [0.2, 0.25) is 0 Å². The second-order valence-electron chi connectivity index (χ2n) is 5.76. The number of aryl methyl sites for hydroxylation is 1. The Hall–Kier alpha value is -1.25. The number of thioether (sulfide) groups is 1. The number of rotatable bonds is 4. The maximum absolute atomic E-state index is 12.0. The van der Waals surface area contributed by atoms with Gasteiger partial charge < -0.3 is 14.6 Å². The summed E-state index contributed by atoms with van der Waals surface area (Å²) in [7, 11) is 0. The molecule has 1 aromatic rings. The number of nitrogens with zero attached hydrogens (tertiary/aromatic N) is 2. The predicted octanol–water partition coefficient (Wildman–Crippen LogP) is 1.31. The molecule has 2 amide bonds. The molecule has 2 saturated heterocycles. The molecule has 1 aromatic heterocycles. The summed E-state index contributed by atoms with van der Waals surface area (Å²) in [6.07, 6.45) is 1.10. The molecule has 2 N–H and O–H groups in total. The van der Waals surface area contributed by atoms with E-state index in [9.17, 15) is 4.79 Å². The van der Waals surface area contributed by atoms with Crippen molar-refractivity contribution in [1.82, 2.24) is 15.4 Å². The van der Waals surface area contributed by atoms with Gasteiger partial charge in [-0.15, -0.1) is 0 Å². The van der Waals surface area contributed by atoms with Gasteiger partial charge in [-0.2, -0.15) is 11.8 Å². The van der Waals surface area contributed by atoms with E-state index in [0.29, 0.717) is 18.1 Å². The van der Waals surface area contributed by atoms with Gasteiger partial charge in [0.15, 0.2) is 5.82 Å². The van der Waals surface area contributed by atoms with Gasteiger partial charge in [0, 0.05) is 37.0 Å². The molecule has 122 valence electrons. The zero-order valence-corrected chi connectivity index (χ0v) is 13.6. The number of carbonyl (C=O) groups is 1. The summed E-state index contributed by atoms with van der Waals surface area (Å²) in [6.45, 7) is 5.86. The van der Waals surface area contributed by atoms with E-state index in [2.05, 4.69) is 20.7 Å². The SMILES string of the molecule is Cc1cc(NC(=O)NCC2(N3CCOCC3)CCSC2)no1. The van der Waals surface area contributed by atoms with E-state index in [-0.39, 0.29) is 11.6 Å². The molecule has 0 spiro atoms. The highest BCUT2D eigenvalue weighted by atomic mass is 32.2. The van der Waals surface area contributed by atoms with Crippen molar-refractivity contribution in [2.75, 3.05) is 49.7 Å². The summed E-state index contributed by atoms with van der Waals surface area (Å²) in [5.74, 6) is 3.31. The van der Waals surface area contributed by atoms with Crippen LogP contribution >= 0.6 is 11.8 Å².